The fourth-order valence-corrected chi connectivity index (χ4v) is 4.76. The van der Waals surface area contributed by atoms with Crippen molar-refractivity contribution in [3.63, 3.8) is 0 Å². The summed E-state index contributed by atoms with van der Waals surface area (Å²) < 4.78 is 25.8. The predicted molar refractivity (Wildman–Crippen MR) is 159 cm³/mol. The van der Waals surface area contributed by atoms with E-state index < -0.39 is 6.04 Å². The van der Waals surface area contributed by atoms with E-state index in [-0.39, 0.29) is 49.0 Å². The fourth-order valence-electron chi connectivity index (χ4n) is 4.76. The van der Waals surface area contributed by atoms with E-state index in [4.69, 9.17) is 9.47 Å². The van der Waals surface area contributed by atoms with Crippen LogP contribution < -0.4 is 15.0 Å². The molecule has 0 aromatic heterocycles. The first-order valence-corrected chi connectivity index (χ1v) is 14.3. The fraction of sp³-hybridized carbons (Fsp3) is 0.548. The van der Waals surface area contributed by atoms with Gasteiger partial charge in [-0.15, -0.1) is 0 Å². The van der Waals surface area contributed by atoms with Crippen molar-refractivity contribution >= 4 is 23.3 Å². The van der Waals surface area contributed by atoms with E-state index in [1.54, 1.807) is 11.9 Å². The summed E-state index contributed by atoms with van der Waals surface area (Å²) in [6, 6.07) is 10.4. The Kier molecular flexibility index (Phi) is 11.8. The summed E-state index contributed by atoms with van der Waals surface area (Å²) in [5, 5.41) is 12.9. The first-order chi connectivity index (χ1) is 19.5. The lowest BCUT2D eigenvalue weighted by Crippen LogP contribution is -2.48. The summed E-state index contributed by atoms with van der Waals surface area (Å²) in [7, 11) is 5.51. The molecule has 1 heterocycles. The van der Waals surface area contributed by atoms with E-state index in [1.807, 2.05) is 58.0 Å². The summed E-state index contributed by atoms with van der Waals surface area (Å²) in [4.78, 5) is 32.1. The lowest BCUT2D eigenvalue weighted by atomic mass is 10.0. The molecule has 41 heavy (non-hydrogen) atoms. The maximum absolute atomic E-state index is 14.1. The van der Waals surface area contributed by atoms with Gasteiger partial charge in [0.15, 0.2) is 0 Å². The maximum Gasteiger partial charge on any atom is 0.321 e. The number of hydrogen-bond donors (Lipinski definition) is 2. The van der Waals surface area contributed by atoms with E-state index in [9.17, 15) is 19.1 Å². The van der Waals surface area contributed by atoms with Gasteiger partial charge in [0, 0.05) is 58.1 Å². The third-order valence-corrected chi connectivity index (χ3v) is 7.45. The van der Waals surface area contributed by atoms with Crippen molar-refractivity contribution in [3.05, 3.63) is 53.8 Å². The number of urea groups is 1. The van der Waals surface area contributed by atoms with Crippen molar-refractivity contribution in [2.24, 2.45) is 5.92 Å². The number of amides is 3. The van der Waals surface area contributed by atoms with Crippen molar-refractivity contribution in [3.8, 4) is 5.75 Å². The Morgan fingerprint density at radius 2 is 1.85 bits per heavy atom. The number of nitrogens with one attached hydrogen (secondary N) is 1. The summed E-state index contributed by atoms with van der Waals surface area (Å²) in [6.45, 7) is 6.68. The van der Waals surface area contributed by atoms with Gasteiger partial charge in [-0.25, -0.2) is 9.18 Å². The Morgan fingerprint density at radius 1 is 1.15 bits per heavy atom. The van der Waals surface area contributed by atoms with Crippen molar-refractivity contribution < 1.29 is 28.6 Å². The molecule has 0 radical (unpaired) electrons. The van der Waals surface area contributed by atoms with Crippen LogP contribution in [0.2, 0.25) is 0 Å². The standard InChI is InChI=1S/C31H45FN4O5/c1-21-18-36(22(2)20-37)30(38)27-17-26(34(4)5)14-15-28(27)41-23(3)9-7-8-16-40-29(21)19-35(6)31(39)33-25-12-10-24(32)11-13-25/h10-15,17,21-23,29,37H,7-9,16,18-20H2,1-6H3,(H,33,39)/t21-,22+,23+,29+/m0/s1. The Labute approximate surface area is 243 Å². The molecule has 0 aliphatic carbocycles. The first kappa shape index (κ1) is 32.1. The van der Waals surface area contributed by atoms with Gasteiger partial charge in [-0.3, -0.25) is 4.79 Å². The number of carbonyl (C=O) groups excluding carboxylic acids is 2. The lowest BCUT2D eigenvalue weighted by molar-refractivity contribution is -0.0115. The highest BCUT2D eigenvalue weighted by Crippen LogP contribution is 2.29. The zero-order valence-corrected chi connectivity index (χ0v) is 25.1. The molecule has 0 bridgehead atoms. The highest BCUT2D eigenvalue weighted by atomic mass is 19.1. The largest absolute Gasteiger partial charge is 0.490 e. The van der Waals surface area contributed by atoms with Gasteiger partial charge in [-0.1, -0.05) is 6.92 Å². The molecule has 0 saturated heterocycles. The zero-order chi connectivity index (χ0) is 30.1. The minimum absolute atomic E-state index is 0.102. The van der Waals surface area contributed by atoms with Crippen LogP contribution in [0.3, 0.4) is 0 Å². The van der Waals surface area contributed by atoms with Crippen LogP contribution in [-0.4, -0.2) is 92.5 Å². The molecule has 0 fully saturated rings. The number of halogens is 1. The molecule has 1 aliphatic rings. The number of nitrogens with zero attached hydrogens (tertiary/aromatic N) is 3. The number of ether oxygens (including phenoxy) is 2. The van der Waals surface area contributed by atoms with Crippen molar-refractivity contribution in [2.45, 2.75) is 58.3 Å². The topological polar surface area (TPSA) is 94.6 Å². The second-order valence-electron chi connectivity index (χ2n) is 11.2. The van der Waals surface area contributed by atoms with E-state index in [0.29, 0.717) is 30.2 Å². The molecule has 1 aliphatic heterocycles. The number of aliphatic hydroxyl groups is 1. The van der Waals surface area contributed by atoms with Crippen LogP contribution >= 0.6 is 0 Å². The number of fused-ring (bicyclic) bond motifs is 1. The van der Waals surface area contributed by atoms with Gasteiger partial charge in [-0.2, -0.15) is 0 Å². The normalized spacial score (nSPS) is 21.2. The molecule has 2 aromatic rings. The van der Waals surface area contributed by atoms with Crippen LogP contribution in [0.5, 0.6) is 5.75 Å². The highest BCUT2D eigenvalue weighted by Gasteiger charge is 2.31. The molecule has 4 atom stereocenters. The Morgan fingerprint density at radius 3 is 2.51 bits per heavy atom. The average Bonchev–Trinajstić information content (AvgIpc) is 2.94. The quantitative estimate of drug-likeness (QED) is 0.514. The average molecular weight is 573 g/mol. The molecule has 3 amide bonds. The number of likely N-dealkylation sites (N-methyl/N-ethyl adjacent to an activating group) is 1. The van der Waals surface area contributed by atoms with Gasteiger partial charge < -0.3 is 34.6 Å². The van der Waals surface area contributed by atoms with Crippen LogP contribution in [0.4, 0.5) is 20.6 Å². The Bertz CT molecular complexity index is 1150. The number of rotatable bonds is 6. The maximum atomic E-state index is 14.1. The number of anilines is 2. The summed E-state index contributed by atoms with van der Waals surface area (Å²) in [6.07, 6.45) is 2.03. The summed E-state index contributed by atoms with van der Waals surface area (Å²) >= 11 is 0. The molecular formula is C31H45FN4O5. The summed E-state index contributed by atoms with van der Waals surface area (Å²) in [5.74, 6) is -0.256. The summed E-state index contributed by atoms with van der Waals surface area (Å²) in [5.41, 5.74) is 1.80. The van der Waals surface area contributed by atoms with E-state index in [2.05, 4.69) is 5.32 Å². The molecule has 0 spiro atoms. The second kappa shape index (κ2) is 15.0. The Hall–Kier alpha value is -3.37. The van der Waals surface area contributed by atoms with Crippen LogP contribution in [0, 0.1) is 11.7 Å². The number of aliphatic hydroxyl groups excluding tert-OH is 1. The molecule has 0 saturated carbocycles. The molecule has 2 N–H and O–H groups in total. The molecule has 2 aromatic carbocycles. The SMILES string of the molecule is C[C@@H]1CCCCO[C@H](CN(C)C(=O)Nc2ccc(F)cc2)[C@@H](C)CN([C@H](C)CO)C(=O)c2cc(N(C)C)ccc2O1. The van der Waals surface area contributed by atoms with Crippen molar-refractivity contribution in [1.29, 1.82) is 0 Å². The minimum Gasteiger partial charge on any atom is -0.490 e. The van der Waals surface area contributed by atoms with Crippen molar-refractivity contribution in [2.75, 3.05) is 57.7 Å². The van der Waals surface area contributed by atoms with Gasteiger partial charge in [0.25, 0.3) is 5.91 Å². The van der Waals surface area contributed by atoms with Crippen LogP contribution in [0.15, 0.2) is 42.5 Å². The molecule has 0 unspecified atom stereocenters. The monoisotopic (exact) mass is 572 g/mol. The number of benzene rings is 2. The van der Waals surface area contributed by atoms with Gasteiger partial charge in [-0.05, 0) is 75.6 Å². The van der Waals surface area contributed by atoms with Gasteiger partial charge in [0.2, 0.25) is 0 Å². The lowest BCUT2D eigenvalue weighted by Gasteiger charge is -2.36. The van der Waals surface area contributed by atoms with Crippen LogP contribution in [0.1, 0.15) is 50.4 Å². The third-order valence-electron chi connectivity index (χ3n) is 7.45. The molecule has 10 heteroatoms. The smallest absolute Gasteiger partial charge is 0.321 e. The van der Waals surface area contributed by atoms with Crippen LogP contribution in [0.25, 0.3) is 0 Å². The Balaban J connectivity index is 1.87. The van der Waals surface area contributed by atoms with E-state index >= 15 is 0 Å². The minimum atomic E-state index is -0.453. The van der Waals surface area contributed by atoms with E-state index in [0.717, 1.165) is 24.9 Å². The molecule has 3 rings (SSSR count). The predicted octanol–water partition coefficient (Wildman–Crippen LogP) is 4.85. The van der Waals surface area contributed by atoms with E-state index in [1.165, 1.54) is 29.2 Å². The second-order valence-corrected chi connectivity index (χ2v) is 11.2. The van der Waals surface area contributed by atoms with Gasteiger partial charge >= 0.3 is 6.03 Å². The highest BCUT2D eigenvalue weighted by molar-refractivity contribution is 5.98. The molecule has 9 nitrogen and oxygen atoms in total. The van der Waals surface area contributed by atoms with Gasteiger partial charge in [0.1, 0.15) is 11.6 Å². The number of hydrogen-bond acceptors (Lipinski definition) is 6. The van der Waals surface area contributed by atoms with Gasteiger partial charge in [0.05, 0.1) is 30.4 Å². The first-order valence-electron chi connectivity index (χ1n) is 14.3. The zero-order valence-electron chi connectivity index (χ0n) is 25.1. The molecule has 226 valence electrons. The number of carbonyl (C=O) groups is 2. The molecular weight excluding hydrogens is 527 g/mol. The van der Waals surface area contributed by atoms with Crippen LogP contribution in [-0.2, 0) is 4.74 Å². The third kappa shape index (κ3) is 9.06. The van der Waals surface area contributed by atoms with Crippen molar-refractivity contribution in [1.82, 2.24) is 9.80 Å².